The molecule has 0 spiro atoms. The smallest absolute Gasteiger partial charge is 0.335 e. The lowest BCUT2D eigenvalue weighted by molar-refractivity contribution is -0.384. The lowest BCUT2D eigenvalue weighted by atomic mass is 10.1. The highest BCUT2D eigenvalue weighted by atomic mass is 35.5. The zero-order valence-corrected chi connectivity index (χ0v) is 14.1. The van der Waals surface area contributed by atoms with E-state index in [0.717, 1.165) is 5.56 Å². The van der Waals surface area contributed by atoms with E-state index >= 15 is 0 Å². The molecule has 2 aromatic carbocycles. The molecule has 0 saturated carbocycles. The molecule has 7 nitrogen and oxygen atoms in total. The van der Waals surface area contributed by atoms with Crippen LogP contribution < -0.4 is 4.74 Å². The Labute approximate surface area is 148 Å². The largest absolute Gasteiger partial charge is 0.497 e. The Morgan fingerprint density at radius 3 is 2.72 bits per heavy atom. The van der Waals surface area contributed by atoms with Crippen LogP contribution in [0.3, 0.4) is 0 Å². The number of aliphatic hydroxyl groups is 1. The molecule has 0 aliphatic carbocycles. The maximum atomic E-state index is 11.9. The van der Waals surface area contributed by atoms with Gasteiger partial charge in [-0.25, -0.2) is 4.79 Å². The van der Waals surface area contributed by atoms with Crippen LogP contribution in [0.1, 0.15) is 11.1 Å². The highest BCUT2D eigenvalue weighted by Crippen LogP contribution is 2.23. The normalized spacial score (nSPS) is 11.6. The average Bonchev–Trinajstić information content (AvgIpc) is 2.60. The second kappa shape index (κ2) is 8.46. The summed E-state index contributed by atoms with van der Waals surface area (Å²) in [5.74, 6) is -0.187. The van der Waals surface area contributed by atoms with Crippen LogP contribution in [0.5, 0.6) is 5.75 Å². The van der Waals surface area contributed by atoms with Crippen molar-refractivity contribution in [1.82, 2.24) is 0 Å². The molecule has 1 atom stereocenters. The van der Waals surface area contributed by atoms with Crippen molar-refractivity contribution in [3.63, 3.8) is 0 Å². The minimum atomic E-state index is -1.34. The minimum Gasteiger partial charge on any atom is -0.497 e. The molecule has 1 N–H and O–H groups in total. The van der Waals surface area contributed by atoms with Crippen LogP contribution >= 0.6 is 11.6 Å². The predicted molar refractivity (Wildman–Crippen MR) is 90.6 cm³/mol. The summed E-state index contributed by atoms with van der Waals surface area (Å²) in [4.78, 5) is 22.0. The number of carbonyl (C=O) groups is 1. The van der Waals surface area contributed by atoms with Crippen LogP contribution in [0, 0.1) is 10.1 Å². The molecular formula is C17H16ClNO6. The summed E-state index contributed by atoms with van der Waals surface area (Å²) in [6.45, 7) is -0.190. The first kappa shape index (κ1) is 18.7. The number of carbonyl (C=O) groups excluding carboxylic acids is 1. The van der Waals surface area contributed by atoms with Crippen molar-refractivity contribution in [3.05, 3.63) is 68.7 Å². The number of nitro benzene ring substituents is 1. The highest BCUT2D eigenvalue weighted by molar-refractivity contribution is 6.31. The summed E-state index contributed by atoms with van der Waals surface area (Å²) in [6.07, 6.45) is -1.27. The zero-order chi connectivity index (χ0) is 18.4. The van der Waals surface area contributed by atoms with Gasteiger partial charge in [0.15, 0.2) is 6.10 Å². The summed E-state index contributed by atoms with van der Waals surface area (Å²) in [6, 6.07) is 10.8. The van der Waals surface area contributed by atoms with Gasteiger partial charge in [0.05, 0.1) is 17.1 Å². The number of hydrogen-bond donors (Lipinski definition) is 1. The van der Waals surface area contributed by atoms with E-state index in [0.29, 0.717) is 11.3 Å². The van der Waals surface area contributed by atoms with E-state index in [9.17, 15) is 20.0 Å². The van der Waals surface area contributed by atoms with E-state index in [4.69, 9.17) is 21.1 Å². The van der Waals surface area contributed by atoms with E-state index in [1.54, 1.807) is 24.3 Å². The van der Waals surface area contributed by atoms with Gasteiger partial charge in [0.2, 0.25) is 0 Å². The number of halogens is 1. The maximum absolute atomic E-state index is 11.9. The molecule has 0 aliphatic rings. The molecule has 8 heteroatoms. The van der Waals surface area contributed by atoms with Crippen LogP contribution in [0.4, 0.5) is 5.69 Å². The zero-order valence-electron chi connectivity index (χ0n) is 13.3. The Balaban J connectivity index is 1.94. The molecule has 0 radical (unpaired) electrons. The Morgan fingerprint density at radius 1 is 1.32 bits per heavy atom. The lowest BCUT2D eigenvalue weighted by Crippen LogP contribution is -2.25. The van der Waals surface area contributed by atoms with Crippen LogP contribution in [0.25, 0.3) is 0 Å². The second-order valence-corrected chi connectivity index (χ2v) is 5.62. The molecule has 2 rings (SSSR count). The summed E-state index contributed by atoms with van der Waals surface area (Å²) in [5.41, 5.74) is 0.976. The van der Waals surface area contributed by atoms with Gasteiger partial charge in [-0.2, -0.15) is 0 Å². The Kier molecular flexibility index (Phi) is 6.32. The molecule has 0 bridgehead atoms. The third-order valence-corrected chi connectivity index (χ3v) is 3.80. The van der Waals surface area contributed by atoms with E-state index in [1.165, 1.54) is 25.3 Å². The Hall–Kier alpha value is -2.64. The molecule has 132 valence electrons. The fourth-order valence-corrected chi connectivity index (χ4v) is 2.35. The van der Waals surface area contributed by atoms with Gasteiger partial charge in [-0.15, -0.1) is 0 Å². The minimum absolute atomic E-state index is 0.0734. The van der Waals surface area contributed by atoms with Crippen LogP contribution in [0.2, 0.25) is 5.02 Å². The Bertz CT molecular complexity index is 779. The molecule has 0 aliphatic heterocycles. The highest BCUT2D eigenvalue weighted by Gasteiger charge is 2.18. The van der Waals surface area contributed by atoms with Gasteiger partial charge in [0.25, 0.3) is 5.69 Å². The first-order chi connectivity index (χ1) is 11.9. The van der Waals surface area contributed by atoms with E-state index in [-0.39, 0.29) is 23.7 Å². The van der Waals surface area contributed by atoms with Gasteiger partial charge >= 0.3 is 5.97 Å². The van der Waals surface area contributed by atoms with Gasteiger partial charge in [-0.1, -0.05) is 23.7 Å². The van der Waals surface area contributed by atoms with Crippen molar-refractivity contribution in [2.24, 2.45) is 0 Å². The second-order valence-electron chi connectivity index (χ2n) is 5.21. The number of benzene rings is 2. The fourth-order valence-electron chi connectivity index (χ4n) is 2.12. The van der Waals surface area contributed by atoms with Crippen molar-refractivity contribution < 1.29 is 24.3 Å². The van der Waals surface area contributed by atoms with E-state index in [1.807, 2.05) is 0 Å². The third-order valence-electron chi connectivity index (χ3n) is 3.45. The summed E-state index contributed by atoms with van der Waals surface area (Å²) in [5, 5.41) is 20.7. The molecule has 0 aromatic heterocycles. The van der Waals surface area contributed by atoms with Crippen LogP contribution in [-0.2, 0) is 22.6 Å². The van der Waals surface area contributed by atoms with Gasteiger partial charge in [-0.05, 0) is 23.8 Å². The SMILES string of the molecule is COc1cccc(CC(O)C(=O)OCc2ccc([N+](=O)[O-])cc2Cl)c1. The first-order valence-corrected chi connectivity index (χ1v) is 7.69. The van der Waals surface area contributed by atoms with Crippen molar-refractivity contribution >= 4 is 23.3 Å². The summed E-state index contributed by atoms with van der Waals surface area (Å²) >= 11 is 5.93. The number of non-ortho nitro benzene ring substituents is 1. The monoisotopic (exact) mass is 365 g/mol. The van der Waals surface area contributed by atoms with Crippen LogP contribution in [-0.4, -0.2) is 29.2 Å². The van der Waals surface area contributed by atoms with Crippen molar-refractivity contribution in [2.75, 3.05) is 7.11 Å². The topological polar surface area (TPSA) is 98.9 Å². The number of aliphatic hydroxyl groups excluding tert-OH is 1. The predicted octanol–water partition coefficient (Wildman–Crippen LogP) is 2.90. The lowest BCUT2D eigenvalue weighted by Gasteiger charge is -2.12. The molecular weight excluding hydrogens is 350 g/mol. The molecule has 2 aromatic rings. The number of ether oxygens (including phenoxy) is 2. The van der Waals surface area contributed by atoms with Gasteiger partial charge in [-0.3, -0.25) is 10.1 Å². The van der Waals surface area contributed by atoms with Crippen LogP contribution in [0.15, 0.2) is 42.5 Å². The van der Waals surface area contributed by atoms with Crippen molar-refractivity contribution in [3.8, 4) is 5.75 Å². The number of esters is 1. The van der Waals surface area contributed by atoms with Crippen molar-refractivity contribution in [2.45, 2.75) is 19.1 Å². The van der Waals surface area contributed by atoms with E-state index in [2.05, 4.69) is 0 Å². The molecule has 0 saturated heterocycles. The third kappa shape index (κ3) is 5.17. The fraction of sp³-hybridized carbons (Fsp3) is 0.235. The number of rotatable bonds is 7. The molecule has 25 heavy (non-hydrogen) atoms. The number of nitrogens with zero attached hydrogens (tertiary/aromatic N) is 1. The van der Waals surface area contributed by atoms with Gasteiger partial charge < -0.3 is 14.6 Å². The van der Waals surface area contributed by atoms with Gasteiger partial charge in [0.1, 0.15) is 12.4 Å². The average molecular weight is 366 g/mol. The first-order valence-electron chi connectivity index (χ1n) is 7.31. The number of methoxy groups -OCH3 is 1. The molecule has 1 unspecified atom stereocenters. The molecule has 0 heterocycles. The summed E-state index contributed by atoms with van der Waals surface area (Å²) < 4.78 is 10.1. The Morgan fingerprint density at radius 2 is 2.08 bits per heavy atom. The van der Waals surface area contributed by atoms with Gasteiger partial charge in [0, 0.05) is 24.1 Å². The van der Waals surface area contributed by atoms with E-state index < -0.39 is 17.0 Å². The summed E-state index contributed by atoms with van der Waals surface area (Å²) in [7, 11) is 1.53. The number of nitro groups is 1. The molecule has 0 amide bonds. The molecule has 0 fully saturated rings. The standard InChI is InChI=1S/C17H16ClNO6/c1-24-14-4-2-3-11(7-14)8-16(20)17(21)25-10-12-5-6-13(19(22)23)9-15(12)18/h2-7,9,16,20H,8,10H2,1H3. The maximum Gasteiger partial charge on any atom is 0.335 e. The van der Waals surface area contributed by atoms with Crippen molar-refractivity contribution in [1.29, 1.82) is 0 Å². The number of hydrogen-bond acceptors (Lipinski definition) is 6. The quantitative estimate of drug-likeness (QED) is 0.460.